The van der Waals surface area contributed by atoms with Gasteiger partial charge in [-0.1, -0.05) is 12.2 Å². The van der Waals surface area contributed by atoms with Crippen LogP contribution in [0.15, 0.2) is 18.2 Å². The molecule has 0 unspecified atom stereocenters. The zero-order valence-corrected chi connectivity index (χ0v) is 12.9. The van der Waals surface area contributed by atoms with Crippen molar-refractivity contribution in [3.05, 3.63) is 29.3 Å². The standard InChI is InChI=1S/C17H22N2O3/c1-21-16-6-5-13-15(20)12-22-17(13)14(16)4-2-3-9-19-10-7-18-8-11-19/h2,4-6,18H,3,7-12H2,1H3/b4-2-. The predicted octanol–water partition coefficient (Wildman–Crippen LogP) is 1.58. The number of methoxy groups -OCH3 is 1. The minimum atomic E-state index is 0.0353. The van der Waals surface area contributed by atoms with E-state index in [9.17, 15) is 4.79 Å². The molecule has 5 heteroatoms. The van der Waals surface area contributed by atoms with Crippen molar-refractivity contribution in [1.29, 1.82) is 0 Å². The maximum absolute atomic E-state index is 11.8. The molecule has 1 saturated heterocycles. The first-order chi connectivity index (χ1) is 10.8. The lowest BCUT2D eigenvalue weighted by Crippen LogP contribution is -2.43. The second-order valence-electron chi connectivity index (χ2n) is 5.55. The van der Waals surface area contributed by atoms with Crippen LogP contribution in [0.5, 0.6) is 11.5 Å². The van der Waals surface area contributed by atoms with Crippen LogP contribution in [0.3, 0.4) is 0 Å². The lowest BCUT2D eigenvalue weighted by Gasteiger charge is -2.26. The number of rotatable bonds is 5. The van der Waals surface area contributed by atoms with Crippen molar-refractivity contribution in [3.63, 3.8) is 0 Å². The van der Waals surface area contributed by atoms with E-state index in [0.29, 0.717) is 11.3 Å². The summed E-state index contributed by atoms with van der Waals surface area (Å²) in [5.41, 5.74) is 1.52. The highest BCUT2D eigenvalue weighted by Gasteiger charge is 2.25. The number of fused-ring (bicyclic) bond motifs is 1. The van der Waals surface area contributed by atoms with E-state index in [1.807, 2.05) is 12.1 Å². The van der Waals surface area contributed by atoms with Gasteiger partial charge in [0.1, 0.15) is 11.5 Å². The van der Waals surface area contributed by atoms with Crippen LogP contribution < -0.4 is 14.8 Å². The van der Waals surface area contributed by atoms with Crippen LogP contribution in [0.4, 0.5) is 0 Å². The van der Waals surface area contributed by atoms with Gasteiger partial charge in [0.25, 0.3) is 0 Å². The monoisotopic (exact) mass is 302 g/mol. The van der Waals surface area contributed by atoms with Crippen molar-refractivity contribution in [1.82, 2.24) is 10.2 Å². The fourth-order valence-corrected chi connectivity index (χ4v) is 2.90. The summed E-state index contributed by atoms with van der Waals surface area (Å²) in [4.78, 5) is 14.2. The largest absolute Gasteiger partial charge is 0.496 e. The molecule has 0 saturated carbocycles. The van der Waals surface area contributed by atoms with E-state index in [-0.39, 0.29) is 12.4 Å². The fourth-order valence-electron chi connectivity index (χ4n) is 2.90. The third-order valence-electron chi connectivity index (χ3n) is 4.13. The molecule has 118 valence electrons. The molecule has 5 nitrogen and oxygen atoms in total. The first-order valence-corrected chi connectivity index (χ1v) is 7.76. The van der Waals surface area contributed by atoms with Crippen molar-refractivity contribution >= 4 is 11.9 Å². The minimum absolute atomic E-state index is 0.0353. The van der Waals surface area contributed by atoms with E-state index in [1.54, 1.807) is 13.2 Å². The Morgan fingerprint density at radius 2 is 2.18 bits per heavy atom. The summed E-state index contributed by atoms with van der Waals surface area (Å²) in [5.74, 6) is 1.43. The minimum Gasteiger partial charge on any atom is -0.496 e. The Labute approximate surface area is 130 Å². The zero-order chi connectivity index (χ0) is 15.4. The summed E-state index contributed by atoms with van der Waals surface area (Å²) >= 11 is 0. The summed E-state index contributed by atoms with van der Waals surface area (Å²) in [7, 11) is 1.64. The number of ketones is 1. The molecule has 1 fully saturated rings. The average molecular weight is 302 g/mol. The van der Waals surface area contributed by atoms with Gasteiger partial charge in [-0.15, -0.1) is 0 Å². The number of ether oxygens (including phenoxy) is 2. The van der Waals surface area contributed by atoms with E-state index in [0.717, 1.165) is 50.5 Å². The number of hydrogen-bond acceptors (Lipinski definition) is 5. The zero-order valence-electron chi connectivity index (χ0n) is 12.9. The van der Waals surface area contributed by atoms with Crippen LogP contribution >= 0.6 is 0 Å². The van der Waals surface area contributed by atoms with E-state index in [1.165, 1.54) is 0 Å². The number of nitrogens with zero attached hydrogens (tertiary/aromatic N) is 1. The molecule has 0 spiro atoms. The smallest absolute Gasteiger partial charge is 0.203 e. The Morgan fingerprint density at radius 3 is 2.95 bits per heavy atom. The lowest BCUT2D eigenvalue weighted by atomic mass is 10.1. The van der Waals surface area contributed by atoms with Gasteiger partial charge in [-0.05, 0) is 18.6 Å². The lowest BCUT2D eigenvalue weighted by molar-refractivity contribution is 0.0961. The predicted molar refractivity (Wildman–Crippen MR) is 85.8 cm³/mol. The first-order valence-electron chi connectivity index (χ1n) is 7.76. The van der Waals surface area contributed by atoms with Crippen molar-refractivity contribution < 1.29 is 14.3 Å². The Hall–Kier alpha value is -1.85. The quantitative estimate of drug-likeness (QED) is 0.895. The maximum atomic E-state index is 11.8. The molecular formula is C17H22N2O3. The van der Waals surface area contributed by atoms with Crippen LogP contribution in [0, 0.1) is 0 Å². The van der Waals surface area contributed by atoms with Crippen molar-refractivity contribution in [2.24, 2.45) is 0 Å². The third-order valence-corrected chi connectivity index (χ3v) is 4.13. The van der Waals surface area contributed by atoms with Crippen LogP contribution in [-0.4, -0.2) is 57.1 Å². The van der Waals surface area contributed by atoms with Crippen molar-refractivity contribution in [2.45, 2.75) is 6.42 Å². The van der Waals surface area contributed by atoms with E-state index in [4.69, 9.17) is 9.47 Å². The van der Waals surface area contributed by atoms with Gasteiger partial charge in [-0.2, -0.15) is 0 Å². The normalized spacial score (nSPS) is 18.5. The number of Topliss-reactive ketones (excluding diaryl/α,β-unsaturated/α-hetero) is 1. The summed E-state index contributed by atoms with van der Waals surface area (Å²) in [6.45, 7) is 5.53. The van der Waals surface area contributed by atoms with Gasteiger partial charge >= 0.3 is 0 Å². The van der Waals surface area contributed by atoms with Gasteiger partial charge in [0.15, 0.2) is 6.61 Å². The summed E-state index contributed by atoms with van der Waals surface area (Å²) < 4.78 is 10.9. The first kappa shape index (κ1) is 15.1. The fraction of sp³-hybridized carbons (Fsp3) is 0.471. The summed E-state index contributed by atoms with van der Waals surface area (Å²) in [6, 6.07) is 3.61. The van der Waals surface area contributed by atoms with Crippen LogP contribution in [0.1, 0.15) is 22.3 Å². The number of nitrogens with one attached hydrogen (secondary N) is 1. The highest BCUT2D eigenvalue weighted by molar-refractivity contribution is 6.03. The number of carbonyl (C=O) groups is 1. The molecule has 2 aliphatic rings. The summed E-state index contributed by atoms with van der Waals surface area (Å²) in [6.07, 6.45) is 5.12. The topological polar surface area (TPSA) is 50.8 Å². The van der Waals surface area contributed by atoms with Gasteiger partial charge in [-0.3, -0.25) is 4.79 Å². The number of hydrogen-bond donors (Lipinski definition) is 1. The maximum Gasteiger partial charge on any atom is 0.203 e. The Morgan fingerprint density at radius 1 is 1.36 bits per heavy atom. The number of benzene rings is 1. The van der Waals surface area contributed by atoms with Gasteiger partial charge < -0.3 is 19.7 Å². The molecule has 0 aliphatic carbocycles. The molecule has 1 aromatic carbocycles. The molecule has 0 aromatic heterocycles. The Kier molecular flexibility index (Phi) is 4.75. The van der Waals surface area contributed by atoms with Gasteiger partial charge in [0.05, 0.1) is 18.2 Å². The van der Waals surface area contributed by atoms with Crippen LogP contribution in [-0.2, 0) is 0 Å². The molecule has 2 heterocycles. The molecule has 0 bridgehead atoms. The van der Waals surface area contributed by atoms with E-state index in [2.05, 4.69) is 16.3 Å². The molecule has 0 radical (unpaired) electrons. The SMILES string of the molecule is COc1ccc2c(c1/C=C\CCN1CCNCC1)OCC2=O. The molecular weight excluding hydrogens is 280 g/mol. The highest BCUT2D eigenvalue weighted by atomic mass is 16.5. The number of piperazine rings is 1. The second kappa shape index (κ2) is 6.94. The molecule has 1 aromatic rings. The molecule has 2 aliphatic heterocycles. The highest BCUT2D eigenvalue weighted by Crippen LogP contribution is 2.36. The number of carbonyl (C=O) groups excluding carboxylic acids is 1. The Balaban J connectivity index is 1.68. The van der Waals surface area contributed by atoms with Crippen LogP contribution in [0.2, 0.25) is 0 Å². The van der Waals surface area contributed by atoms with Gasteiger partial charge in [0, 0.05) is 32.7 Å². The molecule has 0 amide bonds. The third kappa shape index (κ3) is 3.15. The average Bonchev–Trinajstić information content (AvgIpc) is 2.94. The van der Waals surface area contributed by atoms with E-state index < -0.39 is 0 Å². The molecule has 1 N–H and O–H groups in total. The van der Waals surface area contributed by atoms with Gasteiger partial charge in [0.2, 0.25) is 5.78 Å². The van der Waals surface area contributed by atoms with Gasteiger partial charge in [-0.25, -0.2) is 0 Å². The molecule has 22 heavy (non-hydrogen) atoms. The van der Waals surface area contributed by atoms with Crippen molar-refractivity contribution in [3.8, 4) is 11.5 Å². The molecule has 3 rings (SSSR count). The van der Waals surface area contributed by atoms with E-state index >= 15 is 0 Å². The Bertz CT molecular complexity index is 578. The van der Waals surface area contributed by atoms with Crippen molar-refractivity contribution in [2.75, 3.05) is 46.4 Å². The van der Waals surface area contributed by atoms with Crippen LogP contribution in [0.25, 0.3) is 6.08 Å². The summed E-state index contributed by atoms with van der Waals surface area (Å²) in [5, 5.41) is 3.35. The second-order valence-corrected chi connectivity index (χ2v) is 5.55. The molecule has 0 atom stereocenters.